The van der Waals surface area contributed by atoms with Crippen LogP contribution in [0.3, 0.4) is 0 Å². The lowest BCUT2D eigenvalue weighted by molar-refractivity contribution is 0.0195. The van der Waals surface area contributed by atoms with E-state index in [1.165, 1.54) is 38.6 Å². The fraction of sp³-hybridized carbons (Fsp3) is 1.00. The molecule has 1 heterocycles. The second kappa shape index (κ2) is 7.43. The second-order valence-corrected chi connectivity index (χ2v) is 8.62. The molecule has 0 aromatic carbocycles. The molecule has 0 aromatic heterocycles. The van der Waals surface area contributed by atoms with Gasteiger partial charge in [0.25, 0.3) is 0 Å². The van der Waals surface area contributed by atoms with Crippen LogP contribution in [0.1, 0.15) is 66.2 Å². The monoisotopic (exact) mass is 296 g/mol. The van der Waals surface area contributed by atoms with E-state index in [9.17, 15) is 5.11 Å². The maximum absolute atomic E-state index is 10.1. The highest BCUT2D eigenvalue weighted by molar-refractivity contribution is 4.90. The first kappa shape index (κ1) is 17.2. The Morgan fingerprint density at radius 3 is 2.38 bits per heavy atom. The quantitative estimate of drug-likeness (QED) is 0.837. The zero-order valence-corrected chi connectivity index (χ0v) is 14.6. The molecule has 3 atom stereocenters. The van der Waals surface area contributed by atoms with Gasteiger partial charge in [-0.05, 0) is 37.5 Å². The normalized spacial score (nSPS) is 31.3. The van der Waals surface area contributed by atoms with Crippen molar-refractivity contribution in [3.05, 3.63) is 0 Å². The van der Waals surface area contributed by atoms with Gasteiger partial charge in [0.1, 0.15) is 0 Å². The Morgan fingerprint density at radius 1 is 1.14 bits per heavy atom. The first-order chi connectivity index (χ1) is 9.85. The largest absolute Gasteiger partial charge is 0.393 e. The van der Waals surface area contributed by atoms with Gasteiger partial charge in [-0.3, -0.25) is 4.90 Å². The molecule has 124 valence electrons. The van der Waals surface area contributed by atoms with Crippen LogP contribution in [-0.2, 0) is 0 Å². The topological polar surface area (TPSA) is 35.5 Å². The molecule has 1 saturated carbocycles. The maximum atomic E-state index is 10.1. The molecule has 3 unspecified atom stereocenters. The minimum atomic E-state index is -0.185. The molecule has 2 rings (SSSR count). The SMILES string of the molecule is CC(O)C1CC(NCC(C)(C)C)CN(C2CCCCC2)C1. The Balaban J connectivity index is 1.94. The van der Waals surface area contributed by atoms with Gasteiger partial charge in [0.2, 0.25) is 0 Å². The molecule has 1 saturated heterocycles. The second-order valence-electron chi connectivity index (χ2n) is 8.62. The third-order valence-electron chi connectivity index (χ3n) is 5.21. The Kier molecular flexibility index (Phi) is 6.10. The fourth-order valence-corrected chi connectivity index (χ4v) is 3.87. The van der Waals surface area contributed by atoms with Gasteiger partial charge in [-0.15, -0.1) is 0 Å². The van der Waals surface area contributed by atoms with Gasteiger partial charge in [0.15, 0.2) is 0 Å². The van der Waals surface area contributed by atoms with Crippen LogP contribution in [0.15, 0.2) is 0 Å². The summed E-state index contributed by atoms with van der Waals surface area (Å²) in [6.45, 7) is 12.1. The van der Waals surface area contributed by atoms with Crippen LogP contribution in [0.2, 0.25) is 0 Å². The van der Waals surface area contributed by atoms with Crippen LogP contribution in [0, 0.1) is 11.3 Å². The predicted octanol–water partition coefficient (Wildman–Crippen LogP) is 3.03. The number of hydrogen-bond donors (Lipinski definition) is 2. The Labute approximate surface area is 131 Å². The van der Waals surface area contributed by atoms with Gasteiger partial charge in [-0.1, -0.05) is 40.0 Å². The fourth-order valence-electron chi connectivity index (χ4n) is 3.87. The first-order valence-electron chi connectivity index (χ1n) is 9.00. The van der Waals surface area contributed by atoms with Crippen molar-refractivity contribution in [3.8, 4) is 0 Å². The molecule has 0 amide bonds. The van der Waals surface area contributed by atoms with E-state index in [2.05, 4.69) is 31.0 Å². The third-order valence-corrected chi connectivity index (χ3v) is 5.21. The summed E-state index contributed by atoms with van der Waals surface area (Å²) in [4.78, 5) is 2.68. The van der Waals surface area contributed by atoms with Crippen molar-refractivity contribution < 1.29 is 5.11 Å². The van der Waals surface area contributed by atoms with E-state index < -0.39 is 0 Å². The van der Waals surface area contributed by atoms with Gasteiger partial charge in [-0.25, -0.2) is 0 Å². The third kappa shape index (κ3) is 5.54. The lowest BCUT2D eigenvalue weighted by atomic mass is 9.86. The summed E-state index contributed by atoms with van der Waals surface area (Å²) in [6, 6.07) is 1.30. The molecule has 1 aliphatic carbocycles. The van der Waals surface area contributed by atoms with Gasteiger partial charge < -0.3 is 10.4 Å². The van der Waals surface area contributed by atoms with Crippen molar-refractivity contribution in [2.24, 2.45) is 11.3 Å². The van der Waals surface area contributed by atoms with Crippen molar-refractivity contribution in [2.45, 2.75) is 84.4 Å². The molecule has 0 aromatic rings. The van der Waals surface area contributed by atoms with E-state index in [-0.39, 0.29) is 6.10 Å². The van der Waals surface area contributed by atoms with Crippen LogP contribution in [0.25, 0.3) is 0 Å². The lowest BCUT2D eigenvalue weighted by Crippen LogP contribution is -2.55. The highest BCUT2D eigenvalue weighted by Gasteiger charge is 2.33. The zero-order chi connectivity index (χ0) is 15.5. The van der Waals surface area contributed by atoms with Crippen LogP contribution >= 0.6 is 0 Å². The van der Waals surface area contributed by atoms with Crippen molar-refractivity contribution in [1.29, 1.82) is 0 Å². The summed E-state index contributed by atoms with van der Waals surface area (Å²) in [7, 11) is 0. The molecule has 2 aliphatic rings. The predicted molar refractivity (Wildman–Crippen MR) is 89.5 cm³/mol. The average molecular weight is 296 g/mol. The van der Waals surface area contributed by atoms with Crippen LogP contribution in [0.5, 0.6) is 0 Å². The van der Waals surface area contributed by atoms with E-state index in [0.29, 0.717) is 17.4 Å². The molecular weight excluding hydrogens is 260 g/mol. The minimum Gasteiger partial charge on any atom is -0.393 e. The number of rotatable bonds is 4. The molecule has 0 spiro atoms. The van der Waals surface area contributed by atoms with Gasteiger partial charge in [0, 0.05) is 31.7 Å². The summed E-state index contributed by atoms with van der Waals surface area (Å²) in [5.74, 6) is 0.429. The molecule has 0 radical (unpaired) electrons. The van der Waals surface area contributed by atoms with Crippen molar-refractivity contribution in [1.82, 2.24) is 10.2 Å². The number of piperidine rings is 1. The molecule has 1 aliphatic heterocycles. The average Bonchev–Trinajstić information content (AvgIpc) is 2.45. The molecule has 0 bridgehead atoms. The van der Waals surface area contributed by atoms with E-state index in [0.717, 1.165) is 25.6 Å². The molecule has 21 heavy (non-hydrogen) atoms. The Morgan fingerprint density at radius 2 is 1.81 bits per heavy atom. The summed E-state index contributed by atoms with van der Waals surface area (Å²) in [5, 5.41) is 13.8. The molecule has 2 fully saturated rings. The first-order valence-corrected chi connectivity index (χ1v) is 9.00. The lowest BCUT2D eigenvalue weighted by Gasteiger charge is -2.44. The number of aliphatic hydroxyl groups is 1. The number of likely N-dealkylation sites (tertiary alicyclic amines) is 1. The van der Waals surface area contributed by atoms with Crippen molar-refractivity contribution >= 4 is 0 Å². The Hall–Kier alpha value is -0.120. The summed E-state index contributed by atoms with van der Waals surface area (Å²) < 4.78 is 0. The Bertz CT molecular complexity index is 305. The molecule has 2 N–H and O–H groups in total. The van der Waals surface area contributed by atoms with E-state index >= 15 is 0 Å². The van der Waals surface area contributed by atoms with Crippen LogP contribution in [-0.4, -0.2) is 47.8 Å². The van der Waals surface area contributed by atoms with Crippen molar-refractivity contribution in [3.63, 3.8) is 0 Å². The maximum Gasteiger partial charge on any atom is 0.0553 e. The van der Waals surface area contributed by atoms with Crippen LogP contribution < -0.4 is 5.32 Å². The number of hydrogen-bond acceptors (Lipinski definition) is 3. The van der Waals surface area contributed by atoms with Gasteiger partial charge >= 0.3 is 0 Å². The summed E-state index contributed by atoms with van der Waals surface area (Å²) >= 11 is 0. The number of aliphatic hydroxyl groups excluding tert-OH is 1. The minimum absolute atomic E-state index is 0.185. The van der Waals surface area contributed by atoms with Gasteiger partial charge in [0.05, 0.1) is 6.10 Å². The zero-order valence-electron chi connectivity index (χ0n) is 14.6. The standard InChI is InChI=1S/C18H36N2O/c1-14(21)15-10-16(19-13-18(2,3)4)12-20(11-15)17-8-6-5-7-9-17/h14-17,19,21H,5-13H2,1-4H3. The summed E-state index contributed by atoms with van der Waals surface area (Å²) in [6.07, 6.45) is 7.85. The number of nitrogens with zero attached hydrogens (tertiary/aromatic N) is 1. The van der Waals surface area contributed by atoms with Crippen molar-refractivity contribution in [2.75, 3.05) is 19.6 Å². The molecule has 3 heteroatoms. The molecular formula is C18H36N2O. The highest BCUT2D eigenvalue weighted by atomic mass is 16.3. The smallest absolute Gasteiger partial charge is 0.0553 e. The highest BCUT2D eigenvalue weighted by Crippen LogP contribution is 2.28. The van der Waals surface area contributed by atoms with E-state index in [4.69, 9.17) is 0 Å². The van der Waals surface area contributed by atoms with E-state index in [1.807, 2.05) is 6.92 Å². The summed E-state index contributed by atoms with van der Waals surface area (Å²) in [5.41, 5.74) is 0.327. The molecule has 3 nitrogen and oxygen atoms in total. The van der Waals surface area contributed by atoms with E-state index in [1.54, 1.807) is 0 Å². The van der Waals surface area contributed by atoms with Crippen LogP contribution in [0.4, 0.5) is 0 Å². The van der Waals surface area contributed by atoms with Gasteiger partial charge in [-0.2, -0.15) is 0 Å². The number of nitrogens with one attached hydrogen (secondary N) is 1.